The molecule has 2 aliphatic heterocycles. The molecule has 0 bridgehead atoms. The first-order valence-electron chi connectivity index (χ1n) is 8.88. The predicted octanol–water partition coefficient (Wildman–Crippen LogP) is 3.83. The summed E-state index contributed by atoms with van der Waals surface area (Å²) in [4.78, 5) is 6.87. The minimum Gasteiger partial charge on any atom is -0.340 e. The van der Waals surface area contributed by atoms with Gasteiger partial charge in [-0.3, -0.25) is 0 Å². The number of allylic oxidation sites excluding steroid dienone is 3. The number of aryl methyl sites for hydroxylation is 2. The number of nitrogens with one attached hydrogen (secondary N) is 1. The van der Waals surface area contributed by atoms with Crippen LogP contribution in [0, 0.1) is 6.92 Å². The van der Waals surface area contributed by atoms with Crippen LogP contribution in [0.15, 0.2) is 65.9 Å². The Labute approximate surface area is 149 Å². The summed E-state index contributed by atoms with van der Waals surface area (Å²) in [6, 6.07) is 8.74. The van der Waals surface area contributed by atoms with Gasteiger partial charge in [-0.15, -0.1) is 0 Å². The average Bonchev–Trinajstić information content (AvgIpc) is 3.21. The molecule has 1 aromatic carbocycles. The molecule has 1 N–H and O–H groups in total. The molecule has 2 aliphatic rings. The predicted molar refractivity (Wildman–Crippen MR) is 101 cm³/mol. The number of imidazole rings is 1. The van der Waals surface area contributed by atoms with Crippen molar-refractivity contribution in [3.05, 3.63) is 82.9 Å². The Morgan fingerprint density at radius 3 is 2.68 bits per heavy atom. The van der Waals surface area contributed by atoms with Crippen molar-refractivity contribution in [3.8, 4) is 0 Å². The third-order valence-corrected chi connectivity index (χ3v) is 4.87. The van der Waals surface area contributed by atoms with E-state index in [2.05, 4.69) is 83.2 Å². The number of benzene rings is 1. The molecule has 0 saturated heterocycles. The van der Waals surface area contributed by atoms with Crippen LogP contribution in [0.3, 0.4) is 0 Å². The van der Waals surface area contributed by atoms with Crippen LogP contribution >= 0.6 is 0 Å². The van der Waals surface area contributed by atoms with E-state index in [-0.39, 0.29) is 0 Å². The van der Waals surface area contributed by atoms with Crippen LogP contribution in [0.5, 0.6) is 0 Å². The maximum Gasteiger partial charge on any atom is 0.110 e. The number of hydrogen-bond donors (Lipinski definition) is 1. The van der Waals surface area contributed by atoms with E-state index in [1.807, 2.05) is 6.20 Å². The largest absolute Gasteiger partial charge is 0.340 e. The fourth-order valence-electron chi connectivity index (χ4n) is 3.47. The van der Waals surface area contributed by atoms with E-state index in [9.17, 15) is 0 Å². The van der Waals surface area contributed by atoms with Gasteiger partial charge >= 0.3 is 0 Å². The van der Waals surface area contributed by atoms with Gasteiger partial charge in [0, 0.05) is 25.4 Å². The molecule has 4 nitrogen and oxygen atoms in total. The number of hydrogen-bond acceptors (Lipinski definition) is 3. The van der Waals surface area contributed by atoms with E-state index in [0.29, 0.717) is 0 Å². The average molecular weight is 332 g/mol. The van der Waals surface area contributed by atoms with Crippen LogP contribution in [0.4, 0.5) is 0 Å². The van der Waals surface area contributed by atoms with Crippen molar-refractivity contribution in [1.29, 1.82) is 0 Å². The van der Waals surface area contributed by atoms with Crippen molar-refractivity contribution in [1.82, 2.24) is 19.8 Å². The van der Waals surface area contributed by atoms with E-state index in [0.717, 1.165) is 31.2 Å². The Morgan fingerprint density at radius 1 is 1.12 bits per heavy atom. The molecular formula is C21H24N4. The summed E-state index contributed by atoms with van der Waals surface area (Å²) in [6.45, 7) is 8.21. The number of aromatic nitrogens is 2. The zero-order valence-corrected chi connectivity index (χ0v) is 15.1. The smallest absolute Gasteiger partial charge is 0.110 e. The lowest BCUT2D eigenvalue weighted by molar-refractivity contribution is 0.433. The highest BCUT2D eigenvalue weighted by atomic mass is 15.3. The molecule has 3 heterocycles. The van der Waals surface area contributed by atoms with Crippen molar-refractivity contribution in [3.63, 3.8) is 0 Å². The summed E-state index contributed by atoms with van der Waals surface area (Å²) in [5.74, 6) is 2.28. The van der Waals surface area contributed by atoms with Crippen LogP contribution in [0.25, 0.3) is 5.70 Å². The molecule has 0 radical (unpaired) electrons. The molecule has 0 aliphatic carbocycles. The van der Waals surface area contributed by atoms with Crippen molar-refractivity contribution in [2.75, 3.05) is 6.54 Å². The van der Waals surface area contributed by atoms with Crippen LogP contribution in [0.2, 0.25) is 0 Å². The molecule has 0 amide bonds. The summed E-state index contributed by atoms with van der Waals surface area (Å²) < 4.78 is 2.25. The molecule has 4 rings (SSSR count). The van der Waals surface area contributed by atoms with Gasteiger partial charge in [0.05, 0.1) is 17.9 Å². The molecule has 0 spiro atoms. The van der Waals surface area contributed by atoms with Gasteiger partial charge in [0.25, 0.3) is 0 Å². The van der Waals surface area contributed by atoms with Gasteiger partial charge in [0.1, 0.15) is 11.6 Å². The summed E-state index contributed by atoms with van der Waals surface area (Å²) in [7, 11) is 0. The highest BCUT2D eigenvalue weighted by Gasteiger charge is 2.29. The molecule has 2 aromatic rings. The second-order valence-corrected chi connectivity index (χ2v) is 6.79. The molecule has 0 atom stereocenters. The van der Waals surface area contributed by atoms with Gasteiger partial charge in [-0.05, 0) is 25.5 Å². The fraction of sp³-hybridized carbons (Fsp3) is 0.286. The summed E-state index contributed by atoms with van der Waals surface area (Å²) >= 11 is 0. The van der Waals surface area contributed by atoms with Gasteiger partial charge in [0.15, 0.2) is 0 Å². The van der Waals surface area contributed by atoms with Crippen molar-refractivity contribution in [2.45, 2.75) is 33.7 Å². The SMILES string of the molecule is CCc1nccn1CC1=C(c2ccc(C)cc2)NC2=CC=C(C)CN21. The monoisotopic (exact) mass is 332 g/mol. The van der Waals surface area contributed by atoms with Crippen LogP contribution in [-0.2, 0) is 13.0 Å². The minimum absolute atomic E-state index is 0.823. The first-order chi connectivity index (χ1) is 12.2. The Morgan fingerprint density at radius 2 is 1.92 bits per heavy atom. The topological polar surface area (TPSA) is 33.1 Å². The summed E-state index contributed by atoms with van der Waals surface area (Å²) in [6.07, 6.45) is 9.28. The van der Waals surface area contributed by atoms with E-state index < -0.39 is 0 Å². The standard InChI is InChI=1S/C21H24N4/c1-4-19-22-11-12-24(19)14-18-21(17-8-5-15(2)6-9-17)23-20-10-7-16(3)13-25(18)20/h5-12,23H,4,13-14H2,1-3H3. The first kappa shape index (κ1) is 15.8. The third kappa shape index (κ3) is 2.88. The quantitative estimate of drug-likeness (QED) is 0.924. The molecule has 25 heavy (non-hydrogen) atoms. The third-order valence-electron chi connectivity index (χ3n) is 4.87. The van der Waals surface area contributed by atoms with Gasteiger partial charge < -0.3 is 14.8 Å². The molecule has 128 valence electrons. The molecule has 4 heteroatoms. The van der Waals surface area contributed by atoms with Crippen molar-refractivity contribution < 1.29 is 0 Å². The molecule has 0 fully saturated rings. The lowest BCUT2D eigenvalue weighted by atomic mass is 10.1. The van der Waals surface area contributed by atoms with Crippen LogP contribution < -0.4 is 5.32 Å². The Kier molecular flexibility index (Phi) is 3.96. The van der Waals surface area contributed by atoms with Crippen LogP contribution in [-0.4, -0.2) is 21.0 Å². The molecule has 0 saturated carbocycles. The van der Waals surface area contributed by atoms with E-state index >= 15 is 0 Å². The maximum absolute atomic E-state index is 4.48. The zero-order chi connectivity index (χ0) is 17.4. The fourth-order valence-corrected chi connectivity index (χ4v) is 3.47. The highest BCUT2D eigenvalue weighted by molar-refractivity contribution is 5.72. The lowest BCUT2D eigenvalue weighted by Gasteiger charge is -2.26. The van der Waals surface area contributed by atoms with Crippen molar-refractivity contribution in [2.24, 2.45) is 0 Å². The van der Waals surface area contributed by atoms with Crippen LogP contribution in [0.1, 0.15) is 30.8 Å². The second kappa shape index (κ2) is 6.28. The van der Waals surface area contributed by atoms with Gasteiger partial charge in [-0.1, -0.05) is 48.4 Å². The normalized spacial score (nSPS) is 16.5. The zero-order valence-electron chi connectivity index (χ0n) is 15.1. The van der Waals surface area contributed by atoms with Crippen molar-refractivity contribution >= 4 is 5.70 Å². The highest BCUT2D eigenvalue weighted by Crippen LogP contribution is 2.33. The molecule has 1 aromatic heterocycles. The summed E-state index contributed by atoms with van der Waals surface area (Å²) in [5.41, 5.74) is 6.38. The van der Waals surface area contributed by atoms with E-state index in [1.165, 1.54) is 28.1 Å². The molecule has 0 unspecified atom stereocenters. The first-order valence-corrected chi connectivity index (χ1v) is 8.88. The Balaban J connectivity index is 1.77. The maximum atomic E-state index is 4.48. The minimum atomic E-state index is 0.823. The lowest BCUT2D eigenvalue weighted by Crippen LogP contribution is -2.27. The summed E-state index contributed by atoms with van der Waals surface area (Å²) in [5, 5.41) is 3.64. The van der Waals surface area contributed by atoms with Gasteiger partial charge in [-0.2, -0.15) is 0 Å². The van der Waals surface area contributed by atoms with E-state index in [1.54, 1.807) is 0 Å². The van der Waals surface area contributed by atoms with Gasteiger partial charge in [-0.25, -0.2) is 4.98 Å². The van der Waals surface area contributed by atoms with E-state index in [4.69, 9.17) is 0 Å². The number of nitrogens with zero attached hydrogens (tertiary/aromatic N) is 3. The Bertz CT molecular complexity index is 881. The van der Waals surface area contributed by atoms with Gasteiger partial charge in [0.2, 0.25) is 0 Å². The number of fused-ring (bicyclic) bond motifs is 1. The molecular weight excluding hydrogens is 308 g/mol. The number of rotatable bonds is 4. The Hall–Kier alpha value is -2.75. The second-order valence-electron chi connectivity index (χ2n) is 6.79.